The number of carbonyl (C=O) groups excluding carboxylic acids is 2. The van der Waals surface area contributed by atoms with Gasteiger partial charge in [0.05, 0.1) is 30.3 Å². The maximum atomic E-state index is 13.0. The summed E-state index contributed by atoms with van der Waals surface area (Å²) in [6.07, 6.45) is 4.34. The Hall–Kier alpha value is -3.17. The highest BCUT2D eigenvalue weighted by atomic mass is 16.6. The van der Waals surface area contributed by atoms with Crippen molar-refractivity contribution in [1.82, 2.24) is 14.9 Å². The Labute approximate surface area is 181 Å². The number of hydrogen-bond donors (Lipinski definition) is 1. The van der Waals surface area contributed by atoms with E-state index in [4.69, 9.17) is 9.47 Å². The van der Waals surface area contributed by atoms with Gasteiger partial charge in [-0.25, -0.2) is 9.59 Å². The minimum Gasteiger partial charge on any atom is -0.462 e. The Kier molecular flexibility index (Phi) is 8.35. The van der Waals surface area contributed by atoms with E-state index < -0.39 is 28.6 Å². The van der Waals surface area contributed by atoms with Gasteiger partial charge in [0.15, 0.2) is 0 Å². The number of allylic oxidation sites excluding steroid dienone is 2. The molecule has 0 bridgehead atoms. The summed E-state index contributed by atoms with van der Waals surface area (Å²) in [5.74, 6) is -2.74. The van der Waals surface area contributed by atoms with E-state index in [1.54, 1.807) is 20.9 Å². The molecule has 1 aliphatic heterocycles. The Morgan fingerprint density at radius 1 is 1.10 bits per heavy atom. The van der Waals surface area contributed by atoms with Gasteiger partial charge in [-0.3, -0.25) is 0 Å². The van der Waals surface area contributed by atoms with Gasteiger partial charge in [0.2, 0.25) is 6.33 Å². The molecule has 0 unspecified atom stereocenters. The number of nitrogens with zero attached hydrogens (tertiary/aromatic N) is 3. The number of carbonyl (C=O) groups is 2. The molecule has 31 heavy (non-hydrogen) atoms. The standard InChI is InChI=1S/C21H30N4O6/c1-6-8-10-30-20(26)15-13(3)23-14(4)16(21(27)31-11-9-7-2)17(15)18-19(25(28)29)22-12-24(18)5/h12,17,23H,6-11H2,1-5H3. The molecule has 1 aromatic rings. The molecule has 0 saturated heterocycles. The second kappa shape index (κ2) is 10.7. The van der Waals surface area contributed by atoms with Crippen LogP contribution in [0.4, 0.5) is 5.82 Å². The molecule has 170 valence electrons. The minimum atomic E-state index is -1.04. The first-order valence-corrected chi connectivity index (χ1v) is 10.4. The van der Waals surface area contributed by atoms with Crippen molar-refractivity contribution < 1.29 is 24.0 Å². The van der Waals surface area contributed by atoms with Crippen LogP contribution in [0.15, 0.2) is 28.9 Å². The largest absolute Gasteiger partial charge is 0.462 e. The highest BCUT2D eigenvalue weighted by Gasteiger charge is 2.43. The zero-order valence-corrected chi connectivity index (χ0v) is 18.7. The van der Waals surface area contributed by atoms with Crippen LogP contribution in [0.2, 0.25) is 0 Å². The highest BCUT2D eigenvalue weighted by molar-refractivity contribution is 6.00. The summed E-state index contributed by atoms with van der Waals surface area (Å²) in [7, 11) is 1.59. The van der Waals surface area contributed by atoms with E-state index in [1.807, 2.05) is 13.8 Å². The summed E-state index contributed by atoms with van der Waals surface area (Å²) >= 11 is 0. The molecule has 0 saturated carbocycles. The van der Waals surface area contributed by atoms with Gasteiger partial charge >= 0.3 is 17.8 Å². The van der Waals surface area contributed by atoms with Crippen molar-refractivity contribution in [2.75, 3.05) is 13.2 Å². The van der Waals surface area contributed by atoms with Gasteiger partial charge in [0.1, 0.15) is 5.69 Å². The van der Waals surface area contributed by atoms with Crippen LogP contribution in [0.3, 0.4) is 0 Å². The van der Waals surface area contributed by atoms with Crippen LogP contribution in [-0.2, 0) is 26.1 Å². The second-order valence-corrected chi connectivity index (χ2v) is 7.44. The van der Waals surface area contributed by atoms with Crippen LogP contribution in [0.5, 0.6) is 0 Å². The van der Waals surface area contributed by atoms with E-state index >= 15 is 0 Å². The molecule has 0 spiro atoms. The Morgan fingerprint density at radius 2 is 1.58 bits per heavy atom. The second-order valence-electron chi connectivity index (χ2n) is 7.44. The zero-order chi connectivity index (χ0) is 23.1. The van der Waals surface area contributed by atoms with Crippen LogP contribution in [0, 0.1) is 10.1 Å². The molecule has 1 aromatic heterocycles. The fourth-order valence-corrected chi connectivity index (χ4v) is 3.48. The normalized spacial score (nSPS) is 14.5. The first kappa shape index (κ1) is 24.1. The number of aryl methyl sites for hydroxylation is 1. The Morgan fingerprint density at radius 3 is 2.00 bits per heavy atom. The van der Waals surface area contributed by atoms with Gasteiger partial charge in [-0.1, -0.05) is 26.7 Å². The smallest absolute Gasteiger partial charge is 0.385 e. The number of dihydropyridines is 1. The zero-order valence-electron chi connectivity index (χ0n) is 18.7. The van der Waals surface area contributed by atoms with Crippen LogP contribution < -0.4 is 5.32 Å². The van der Waals surface area contributed by atoms with E-state index in [0.29, 0.717) is 24.2 Å². The van der Waals surface area contributed by atoms with E-state index in [1.165, 1.54) is 10.9 Å². The summed E-state index contributed by atoms with van der Waals surface area (Å²) in [5.41, 5.74) is 1.32. The minimum absolute atomic E-state index is 0.120. The molecule has 0 atom stereocenters. The topological polar surface area (TPSA) is 126 Å². The summed E-state index contributed by atoms with van der Waals surface area (Å²) in [5, 5.41) is 14.7. The number of unbranched alkanes of at least 4 members (excludes halogenated alkanes) is 2. The van der Waals surface area contributed by atoms with Gasteiger partial charge in [0, 0.05) is 18.4 Å². The highest BCUT2D eigenvalue weighted by Crippen LogP contribution is 2.42. The molecule has 2 rings (SSSR count). The first-order valence-electron chi connectivity index (χ1n) is 10.4. The summed E-state index contributed by atoms with van der Waals surface area (Å²) < 4.78 is 12.3. The molecular formula is C21H30N4O6. The van der Waals surface area contributed by atoms with Crippen molar-refractivity contribution in [3.05, 3.63) is 44.7 Å². The van der Waals surface area contributed by atoms with E-state index in [9.17, 15) is 19.7 Å². The third-order valence-corrected chi connectivity index (χ3v) is 5.07. The molecule has 0 radical (unpaired) electrons. The number of imidazole rings is 1. The maximum Gasteiger partial charge on any atom is 0.385 e. The molecule has 10 heteroatoms. The number of nitro groups is 1. The molecule has 0 aromatic carbocycles. The molecule has 1 N–H and O–H groups in total. The van der Waals surface area contributed by atoms with E-state index in [0.717, 1.165) is 12.8 Å². The van der Waals surface area contributed by atoms with Gasteiger partial charge < -0.3 is 29.5 Å². The van der Waals surface area contributed by atoms with Crippen molar-refractivity contribution in [3.63, 3.8) is 0 Å². The van der Waals surface area contributed by atoms with Crippen molar-refractivity contribution in [3.8, 4) is 0 Å². The summed E-state index contributed by atoms with van der Waals surface area (Å²) in [4.78, 5) is 41.0. The molecular weight excluding hydrogens is 404 g/mol. The lowest BCUT2D eigenvalue weighted by Crippen LogP contribution is -2.33. The predicted octanol–water partition coefficient (Wildman–Crippen LogP) is 3.25. The monoisotopic (exact) mass is 434 g/mol. The Bertz CT molecular complexity index is 871. The number of hydrogen-bond acceptors (Lipinski definition) is 8. The van der Waals surface area contributed by atoms with Crippen LogP contribution in [0.1, 0.15) is 65.0 Å². The van der Waals surface area contributed by atoms with Crippen LogP contribution >= 0.6 is 0 Å². The van der Waals surface area contributed by atoms with Gasteiger partial charge in [0.25, 0.3) is 0 Å². The molecule has 1 aliphatic rings. The van der Waals surface area contributed by atoms with Gasteiger partial charge in [-0.05, 0) is 36.6 Å². The van der Waals surface area contributed by atoms with Crippen molar-refractivity contribution in [1.29, 1.82) is 0 Å². The van der Waals surface area contributed by atoms with E-state index in [-0.39, 0.29) is 30.1 Å². The van der Waals surface area contributed by atoms with Crippen molar-refractivity contribution in [2.24, 2.45) is 7.05 Å². The molecule has 2 heterocycles. The average molecular weight is 434 g/mol. The van der Waals surface area contributed by atoms with Crippen molar-refractivity contribution >= 4 is 17.8 Å². The maximum absolute atomic E-state index is 13.0. The third kappa shape index (κ3) is 5.31. The first-order chi connectivity index (χ1) is 14.7. The average Bonchev–Trinajstić information content (AvgIpc) is 3.09. The fraction of sp³-hybridized carbons (Fsp3) is 0.571. The number of rotatable bonds is 10. The lowest BCUT2D eigenvalue weighted by molar-refractivity contribution is -0.390. The lowest BCUT2D eigenvalue weighted by Gasteiger charge is -2.30. The Balaban J connectivity index is 2.61. The number of ether oxygens (including phenoxy) is 2. The number of aromatic nitrogens is 2. The van der Waals surface area contributed by atoms with Gasteiger partial charge in [-0.2, -0.15) is 0 Å². The fourth-order valence-electron chi connectivity index (χ4n) is 3.48. The van der Waals surface area contributed by atoms with Crippen LogP contribution in [-0.4, -0.2) is 39.6 Å². The SMILES string of the molecule is CCCCOC(=O)C1=C(C)NC(C)=C(C(=O)OCCCC)C1c1c([N+](=O)[O-])ncn1C. The molecule has 0 fully saturated rings. The van der Waals surface area contributed by atoms with Crippen molar-refractivity contribution in [2.45, 2.75) is 59.3 Å². The lowest BCUT2D eigenvalue weighted by atomic mass is 9.82. The third-order valence-electron chi connectivity index (χ3n) is 5.07. The summed E-state index contributed by atoms with van der Waals surface area (Å²) in [6.45, 7) is 7.72. The molecule has 0 amide bonds. The van der Waals surface area contributed by atoms with Gasteiger partial charge in [-0.15, -0.1) is 0 Å². The predicted molar refractivity (Wildman–Crippen MR) is 113 cm³/mol. The molecule has 10 nitrogen and oxygen atoms in total. The number of nitrogens with one attached hydrogen (secondary N) is 1. The molecule has 0 aliphatic carbocycles. The number of esters is 2. The summed E-state index contributed by atoms with van der Waals surface area (Å²) in [6, 6.07) is 0. The quantitative estimate of drug-likeness (QED) is 0.257. The van der Waals surface area contributed by atoms with Crippen LogP contribution in [0.25, 0.3) is 0 Å². The van der Waals surface area contributed by atoms with E-state index in [2.05, 4.69) is 10.3 Å².